The average molecular weight is 363 g/mol. The number of aliphatic hydroxyl groups excluding tert-OH is 4. The van der Waals surface area contributed by atoms with E-state index in [1.807, 2.05) is 0 Å². The Morgan fingerprint density at radius 2 is 0.560 bits per heavy atom. The molecule has 0 heterocycles. The van der Waals surface area contributed by atoms with Crippen LogP contribution in [0.2, 0.25) is 0 Å². The van der Waals surface area contributed by atoms with Crippen molar-refractivity contribution in [3.8, 4) is 0 Å². The van der Waals surface area contributed by atoms with Gasteiger partial charge in [0.25, 0.3) is 0 Å². The highest BCUT2D eigenvalue weighted by molar-refractivity contribution is 4.64. The van der Waals surface area contributed by atoms with Crippen LogP contribution in [-0.2, 0) is 0 Å². The fourth-order valence-electron chi connectivity index (χ4n) is 2.98. The third kappa shape index (κ3) is 17.0. The number of nitrogens with zero attached hydrogens (tertiary/aromatic N) is 2. The first-order valence-electron chi connectivity index (χ1n) is 10.2. The molecule has 152 valence electrons. The molecule has 0 fully saturated rings. The van der Waals surface area contributed by atoms with Gasteiger partial charge in [0.2, 0.25) is 0 Å². The Morgan fingerprint density at radius 1 is 0.320 bits per heavy atom. The molecule has 0 aromatic carbocycles. The first-order valence-corrected chi connectivity index (χ1v) is 10.2. The second-order valence-electron chi connectivity index (χ2n) is 6.76. The molecule has 0 aromatic heterocycles. The number of hydrogen-bond donors (Lipinski definition) is 4. The fourth-order valence-corrected chi connectivity index (χ4v) is 2.98. The van der Waals surface area contributed by atoms with Crippen molar-refractivity contribution in [2.45, 2.75) is 57.8 Å². The van der Waals surface area contributed by atoms with E-state index in [2.05, 4.69) is 9.80 Å². The van der Waals surface area contributed by atoms with Gasteiger partial charge in [0.15, 0.2) is 0 Å². The van der Waals surface area contributed by atoms with Crippen LogP contribution in [0.3, 0.4) is 0 Å². The predicted octanol–water partition coefficient (Wildman–Crippen LogP) is 1.07. The molecule has 0 aromatic rings. The normalized spacial score (nSPS) is 11.8. The van der Waals surface area contributed by atoms with Crippen LogP contribution in [0.25, 0.3) is 0 Å². The fraction of sp³-hybridized carbons (Fsp3) is 1.00. The van der Waals surface area contributed by atoms with Crippen LogP contribution in [0, 0.1) is 0 Å². The van der Waals surface area contributed by atoms with Gasteiger partial charge in [-0.05, 0) is 97.1 Å². The molecule has 4 N–H and O–H groups in total. The summed E-state index contributed by atoms with van der Waals surface area (Å²) < 4.78 is 0. The number of aliphatic hydroxyl groups is 4. The molecule has 0 aliphatic rings. The Bertz CT molecular complexity index is 214. The monoisotopic (exact) mass is 362 g/mol. The molecule has 0 radical (unpaired) electrons. The summed E-state index contributed by atoms with van der Waals surface area (Å²) >= 11 is 0. The summed E-state index contributed by atoms with van der Waals surface area (Å²) in [6.45, 7) is 7.19. The van der Waals surface area contributed by atoms with Crippen molar-refractivity contribution in [1.29, 1.82) is 0 Å². The molecule has 0 aliphatic heterocycles. The Labute approximate surface area is 154 Å². The zero-order valence-electron chi connectivity index (χ0n) is 16.1. The smallest absolute Gasteiger partial charge is 0.0431 e. The van der Waals surface area contributed by atoms with Crippen LogP contribution in [0.1, 0.15) is 57.8 Å². The van der Waals surface area contributed by atoms with Gasteiger partial charge in [-0.25, -0.2) is 0 Å². The van der Waals surface area contributed by atoms with E-state index >= 15 is 0 Å². The van der Waals surface area contributed by atoms with E-state index in [1.54, 1.807) is 0 Å². The van der Waals surface area contributed by atoms with E-state index in [4.69, 9.17) is 20.4 Å². The lowest BCUT2D eigenvalue weighted by atomic mass is 10.2. The van der Waals surface area contributed by atoms with Crippen LogP contribution >= 0.6 is 0 Å². The van der Waals surface area contributed by atoms with Gasteiger partial charge in [-0.3, -0.25) is 0 Å². The zero-order chi connectivity index (χ0) is 18.6. The average Bonchev–Trinajstić information content (AvgIpc) is 2.61. The van der Waals surface area contributed by atoms with E-state index in [0.29, 0.717) is 0 Å². The maximum absolute atomic E-state index is 8.95. The van der Waals surface area contributed by atoms with Crippen molar-refractivity contribution >= 4 is 0 Å². The first kappa shape index (κ1) is 24.8. The highest BCUT2D eigenvalue weighted by Crippen LogP contribution is 2.04. The van der Waals surface area contributed by atoms with Crippen molar-refractivity contribution in [2.75, 3.05) is 65.7 Å². The van der Waals surface area contributed by atoms with Crippen LogP contribution in [0.5, 0.6) is 0 Å². The zero-order valence-corrected chi connectivity index (χ0v) is 16.1. The number of hydrogen-bond acceptors (Lipinski definition) is 6. The minimum Gasteiger partial charge on any atom is -0.396 e. The molecule has 25 heavy (non-hydrogen) atoms. The second kappa shape index (κ2) is 20.1. The summed E-state index contributed by atoms with van der Waals surface area (Å²) in [5.74, 6) is 0. The Balaban J connectivity index is 4.13. The molecule has 0 spiro atoms. The minimum absolute atomic E-state index is 0.258. The van der Waals surface area contributed by atoms with Crippen molar-refractivity contribution in [1.82, 2.24) is 9.80 Å². The molecule has 6 nitrogen and oxygen atoms in total. The van der Waals surface area contributed by atoms with Gasteiger partial charge in [-0.1, -0.05) is 0 Å². The van der Waals surface area contributed by atoms with Crippen LogP contribution in [-0.4, -0.2) is 95.9 Å². The molecule has 0 rings (SSSR count). The van der Waals surface area contributed by atoms with Crippen molar-refractivity contribution in [3.63, 3.8) is 0 Å². The van der Waals surface area contributed by atoms with Crippen LogP contribution in [0.4, 0.5) is 0 Å². The highest BCUT2D eigenvalue weighted by atomic mass is 16.3. The molecular formula is C19H42N2O4. The highest BCUT2D eigenvalue weighted by Gasteiger charge is 2.08. The quantitative estimate of drug-likeness (QED) is 0.242. The van der Waals surface area contributed by atoms with E-state index in [1.165, 1.54) is 0 Å². The van der Waals surface area contributed by atoms with Gasteiger partial charge in [-0.15, -0.1) is 0 Å². The van der Waals surface area contributed by atoms with Gasteiger partial charge in [0.1, 0.15) is 0 Å². The third-order valence-electron chi connectivity index (χ3n) is 4.48. The molecule has 0 aliphatic carbocycles. The lowest BCUT2D eigenvalue weighted by molar-refractivity contribution is 0.197. The first-order chi connectivity index (χ1) is 12.3. The van der Waals surface area contributed by atoms with Gasteiger partial charge in [-0.2, -0.15) is 0 Å². The SMILES string of the molecule is OCCCCN(CCCCO)CCCN(CCCCO)CCCCO. The maximum atomic E-state index is 8.95. The standard InChI is InChI=1S/C19H42N2O4/c22-16-5-1-10-20(11-2-6-17-23)14-9-15-21(12-3-7-18-24)13-4-8-19-25/h22-25H,1-19H2. The van der Waals surface area contributed by atoms with Crippen LogP contribution in [0.15, 0.2) is 0 Å². The lowest BCUT2D eigenvalue weighted by Crippen LogP contribution is -2.33. The summed E-state index contributed by atoms with van der Waals surface area (Å²) in [5, 5.41) is 35.8. The molecule has 0 amide bonds. The van der Waals surface area contributed by atoms with Gasteiger partial charge < -0.3 is 30.2 Å². The summed E-state index contributed by atoms with van der Waals surface area (Å²) in [6.07, 6.45) is 8.60. The molecule has 0 atom stereocenters. The maximum Gasteiger partial charge on any atom is 0.0431 e. The molecule has 0 bridgehead atoms. The number of unbranched alkanes of at least 4 members (excludes halogenated alkanes) is 4. The van der Waals surface area contributed by atoms with E-state index in [9.17, 15) is 0 Å². The Kier molecular flexibility index (Phi) is 19.9. The largest absolute Gasteiger partial charge is 0.396 e. The summed E-state index contributed by atoms with van der Waals surface area (Å²) in [4.78, 5) is 4.90. The summed E-state index contributed by atoms with van der Waals surface area (Å²) in [7, 11) is 0. The summed E-state index contributed by atoms with van der Waals surface area (Å²) in [6, 6.07) is 0. The lowest BCUT2D eigenvalue weighted by Gasteiger charge is -2.26. The summed E-state index contributed by atoms with van der Waals surface area (Å²) in [5.41, 5.74) is 0. The van der Waals surface area contributed by atoms with E-state index in [-0.39, 0.29) is 26.4 Å². The van der Waals surface area contributed by atoms with Crippen molar-refractivity contribution in [2.24, 2.45) is 0 Å². The molecular weight excluding hydrogens is 320 g/mol. The van der Waals surface area contributed by atoms with E-state index < -0.39 is 0 Å². The molecule has 0 saturated carbocycles. The molecule has 0 unspecified atom stereocenters. The van der Waals surface area contributed by atoms with Gasteiger partial charge >= 0.3 is 0 Å². The van der Waals surface area contributed by atoms with Crippen molar-refractivity contribution < 1.29 is 20.4 Å². The number of rotatable bonds is 20. The Hall–Kier alpha value is -0.240. The second-order valence-corrected chi connectivity index (χ2v) is 6.76. The topological polar surface area (TPSA) is 87.4 Å². The predicted molar refractivity (Wildman–Crippen MR) is 103 cm³/mol. The minimum atomic E-state index is 0.258. The van der Waals surface area contributed by atoms with Gasteiger partial charge in [0.05, 0.1) is 0 Å². The molecule has 6 heteroatoms. The molecule has 0 saturated heterocycles. The van der Waals surface area contributed by atoms with Gasteiger partial charge in [0, 0.05) is 26.4 Å². The van der Waals surface area contributed by atoms with Crippen molar-refractivity contribution in [3.05, 3.63) is 0 Å². The van der Waals surface area contributed by atoms with Crippen LogP contribution < -0.4 is 0 Å². The van der Waals surface area contributed by atoms with E-state index in [0.717, 1.165) is 97.1 Å². The third-order valence-corrected chi connectivity index (χ3v) is 4.48. The Morgan fingerprint density at radius 3 is 0.800 bits per heavy atom.